The molecule has 2 unspecified atom stereocenters. The quantitative estimate of drug-likeness (QED) is 0.736. The van der Waals surface area contributed by atoms with Gasteiger partial charge in [0.2, 0.25) is 5.91 Å². The van der Waals surface area contributed by atoms with Gasteiger partial charge in [0, 0.05) is 31.8 Å². The lowest BCUT2D eigenvalue weighted by atomic mass is 10.1. The average Bonchev–Trinajstić information content (AvgIpc) is 2.68. The van der Waals surface area contributed by atoms with Crippen molar-refractivity contribution in [2.45, 2.75) is 38.3 Å². The van der Waals surface area contributed by atoms with E-state index in [-0.39, 0.29) is 24.9 Å². The second kappa shape index (κ2) is 8.74. The van der Waals surface area contributed by atoms with Crippen LogP contribution >= 0.6 is 12.4 Å². The molecule has 1 N–H and O–H groups in total. The lowest BCUT2D eigenvalue weighted by Crippen LogP contribution is -2.40. The third-order valence-corrected chi connectivity index (χ3v) is 3.68. The maximum absolute atomic E-state index is 12.0. The molecule has 0 aromatic heterocycles. The summed E-state index contributed by atoms with van der Waals surface area (Å²) in [4.78, 5) is 13.9. The molecule has 0 aromatic rings. The zero-order valence-electron chi connectivity index (χ0n) is 11.6. The van der Waals surface area contributed by atoms with Crippen molar-refractivity contribution < 1.29 is 14.3 Å². The summed E-state index contributed by atoms with van der Waals surface area (Å²) in [7, 11) is 0. The number of fused-ring (bicyclic) bond motifs is 2. The van der Waals surface area contributed by atoms with Gasteiger partial charge in [0.05, 0.1) is 13.2 Å². The summed E-state index contributed by atoms with van der Waals surface area (Å²) in [5.74, 6) is 0.112. The van der Waals surface area contributed by atoms with Crippen molar-refractivity contribution in [1.82, 2.24) is 10.2 Å². The Balaban J connectivity index is 0.00000180. The van der Waals surface area contributed by atoms with Crippen LogP contribution < -0.4 is 5.32 Å². The number of halogens is 1. The van der Waals surface area contributed by atoms with E-state index >= 15 is 0 Å². The molecular weight excluding hydrogens is 268 g/mol. The molecule has 6 heteroatoms. The maximum atomic E-state index is 12.0. The number of hydrogen-bond acceptors (Lipinski definition) is 4. The molecule has 0 aromatic carbocycles. The lowest BCUT2D eigenvalue weighted by Gasteiger charge is -2.24. The van der Waals surface area contributed by atoms with Gasteiger partial charge in [-0.3, -0.25) is 4.79 Å². The van der Waals surface area contributed by atoms with Crippen LogP contribution in [0.25, 0.3) is 0 Å². The maximum Gasteiger partial charge on any atom is 0.248 e. The van der Waals surface area contributed by atoms with Crippen LogP contribution in [0.4, 0.5) is 0 Å². The zero-order chi connectivity index (χ0) is 12.8. The topological polar surface area (TPSA) is 50.8 Å². The fraction of sp³-hybridized carbons (Fsp3) is 0.923. The molecule has 2 saturated heterocycles. The van der Waals surface area contributed by atoms with E-state index in [0.29, 0.717) is 31.9 Å². The highest BCUT2D eigenvalue weighted by Crippen LogP contribution is 2.20. The summed E-state index contributed by atoms with van der Waals surface area (Å²) in [6.45, 7) is 5.59. The molecule has 19 heavy (non-hydrogen) atoms. The second-order valence-corrected chi connectivity index (χ2v) is 5.02. The van der Waals surface area contributed by atoms with E-state index in [4.69, 9.17) is 9.47 Å². The van der Waals surface area contributed by atoms with Crippen molar-refractivity contribution in [2.75, 3.05) is 39.5 Å². The van der Waals surface area contributed by atoms with Crippen molar-refractivity contribution >= 4 is 18.3 Å². The number of likely N-dealkylation sites (tertiary alicyclic amines) is 1. The molecule has 2 aliphatic rings. The third kappa shape index (κ3) is 5.26. The molecule has 0 aliphatic carbocycles. The van der Waals surface area contributed by atoms with Crippen molar-refractivity contribution in [1.29, 1.82) is 0 Å². The largest absolute Gasteiger partial charge is 0.379 e. The molecule has 5 nitrogen and oxygen atoms in total. The lowest BCUT2D eigenvalue weighted by molar-refractivity contribution is -0.136. The van der Waals surface area contributed by atoms with Crippen molar-refractivity contribution in [3.63, 3.8) is 0 Å². The molecule has 2 aliphatic heterocycles. The van der Waals surface area contributed by atoms with Crippen LogP contribution in [0, 0.1) is 0 Å². The van der Waals surface area contributed by atoms with Crippen molar-refractivity contribution in [2.24, 2.45) is 0 Å². The second-order valence-electron chi connectivity index (χ2n) is 5.02. The molecule has 0 saturated carbocycles. The van der Waals surface area contributed by atoms with Crippen LogP contribution in [0.5, 0.6) is 0 Å². The number of carbonyl (C=O) groups is 1. The first-order chi connectivity index (χ1) is 8.79. The molecule has 0 radical (unpaired) electrons. The normalized spacial score (nSPS) is 25.8. The van der Waals surface area contributed by atoms with Crippen LogP contribution in [0.15, 0.2) is 0 Å². The summed E-state index contributed by atoms with van der Waals surface area (Å²) < 4.78 is 10.5. The van der Waals surface area contributed by atoms with E-state index in [0.717, 1.165) is 19.5 Å². The van der Waals surface area contributed by atoms with Gasteiger partial charge in [-0.05, 0) is 26.2 Å². The Morgan fingerprint density at radius 1 is 1.21 bits per heavy atom. The van der Waals surface area contributed by atoms with E-state index in [2.05, 4.69) is 5.32 Å². The predicted octanol–water partition coefficient (Wildman–Crippen LogP) is 0.814. The molecular formula is C13H25ClN2O3. The van der Waals surface area contributed by atoms with Gasteiger partial charge < -0.3 is 19.7 Å². The van der Waals surface area contributed by atoms with E-state index in [1.165, 1.54) is 12.8 Å². The van der Waals surface area contributed by atoms with Gasteiger partial charge in [-0.2, -0.15) is 0 Å². The molecule has 2 heterocycles. The Labute approximate surface area is 121 Å². The first-order valence-corrected chi connectivity index (χ1v) is 6.99. The molecule has 2 rings (SSSR count). The Kier molecular flexibility index (Phi) is 7.68. The molecule has 1 amide bonds. The van der Waals surface area contributed by atoms with Gasteiger partial charge in [-0.15, -0.1) is 12.4 Å². The van der Waals surface area contributed by atoms with Crippen LogP contribution in [-0.2, 0) is 14.3 Å². The summed E-state index contributed by atoms with van der Waals surface area (Å²) in [6, 6.07) is 1.11. The van der Waals surface area contributed by atoms with Crippen LogP contribution in [-0.4, -0.2) is 62.4 Å². The Hall–Kier alpha value is -0.360. The van der Waals surface area contributed by atoms with Gasteiger partial charge >= 0.3 is 0 Å². The monoisotopic (exact) mass is 292 g/mol. The fourth-order valence-electron chi connectivity index (χ4n) is 2.68. The zero-order valence-corrected chi connectivity index (χ0v) is 12.4. The highest BCUT2D eigenvalue weighted by Gasteiger charge is 2.30. The predicted molar refractivity (Wildman–Crippen MR) is 75.7 cm³/mol. The number of rotatable bonds is 6. The highest BCUT2D eigenvalue weighted by atomic mass is 35.5. The first kappa shape index (κ1) is 16.7. The van der Waals surface area contributed by atoms with Gasteiger partial charge in [0.1, 0.15) is 6.61 Å². The molecule has 2 fully saturated rings. The van der Waals surface area contributed by atoms with Gasteiger partial charge in [-0.25, -0.2) is 0 Å². The fourth-order valence-corrected chi connectivity index (χ4v) is 2.68. The number of nitrogens with zero attached hydrogens (tertiary/aromatic N) is 1. The van der Waals surface area contributed by atoms with Crippen LogP contribution in [0.2, 0.25) is 0 Å². The summed E-state index contributed by atoms with van der Waals surface area (Å²) in [6.07, 6.45) is 3.53. The smallest absolute Gasteiger partial charge is 0.248 e. The van der Waals surface area contributed by atoms with Gasteiger partial charge in [0.15, 0.2) is 0 Å². The van der Waals surface area contributed by atoms with E-state index in [1.807, 2.05) is 11.8 Å². The minimum Gasteiger partial charge on any atom is -0.379 e. The van der Waals surface area contributed by atoms with E-state index in [1.54, 1.807) is 0 Å². The third-order valence-electron chi connectivity index (χ3n) is 3.68. The van der Waals surface area contributed by atoms with Crippen LogP contribution in [0.1, 0.15) is 26.2 Å². The minimum atomic E-state index is 0. The minimum absolute atomic E-state index is 0. The van der Waals surface area contributed by atoms with Crippen molar-refractivity contribution in [3.8, 4) is 0 Å². The molecule has 112 valence electrons. The number of ether oxygens (including phenoxy) is 2. The van der Waals surface area contributed by atoms with Crippen LogP contribution in [0.3, 0.4) is 0 Å². The molecule has 0 spiro atoms. The standard InChI is InChI=1S/C13H24N2O3.ClH/c1-2-17-7-8-18-10-13(16)15-6-5-11-3-4-12(9-15)14-11;/h11-12,14H,2-10H2,1H3;1H. The Morgan fingerprint density at radius 3 is 2.74 bits per heavy atom. The van der Waals surface area contributed by atoms with Gasteiger partial charge in [-0.1, -0.05) is 0 Å². The number of amides is 1. The number of carbonyl (C=O) groups excluding carboxylic acids is 1. The average molecular weight is 293 g/mol. The number of nitrogens with one attached hydrogen (secondary N) is 1. The Morgan fingerprint density at radius 2 is 1.95 bits per heavy atom. The van der Waals surface area contributed by atoms with E-state index in [9.17, 15) is 4.79 Å². The summed E-state index contributed by atoms with van der Waals surface area (Å²) in [5.41, 5.74) is 0. The molecule has 2 atom stereocenters. The highest BCUT2D eigenvalue weighted by molar-refractivity contribution is 5.85. The van der Waals surface area contributed by atoms with Crippen molar-refractivity contribution in [3.05, 3.63) is 0 Å². The van der Waals surface area contributed by atoms with E-state index < -0.39 is 0 Å². The first-order valence-electron chi connectivity index (χ1n) is 6.99. The number of hydrogen-bond donors (Lipinski definition) is 1. The SMILES string of the molecule is CCOCCOCC(=O)N1CCC2CCC(C1)N2.Cl. The molecule has 2 bridgehead atoms. The summed E-state index contributed by atoms with van der Waals surface area (Å²) in [5, 5.41) is 3.57. The Bertz CT molecular complexity index is 279. The summed E-state index contributed by atoms with van der Waals surface area (Å²) >= 11 is 0. The van der Waals surface area contributed by atoms with Gasteiger partial charge in [0.25, 0.3) is 0 Å².